The predicted octanol–water partition coefficient (Wildman–Crippen LogP) is 3.27. The highest BCUT2D eigenvalue weighted by molar-refractivity contribution is 7.10. The number of carbonyl (C=O) groups excluding carboxylic acids is 2. The minimum atomic E-state index is -1.64. The number of carbonyl (C=O) groups is 2. The standard InChI is InChI=1S/C19H22NO3P/c1-20(2,3)14-19(23-24,17(21)15-10-6-4-7-11-15)18(22)16-12-8-5-9-13-16/h4-13,24H,14H2,1-3H3. The van der Waals surface area contributed by atoms with E-state index in [0.29, 0.717) is 15.6 Å². The number of rotatable bonds is 7. The van der Waals surface area contributed by atoms with Gasteiger partial charge in [-0.2, -0.15) is 0 Å². The number of quaternary nitrogens is 1. The largest absolute Gasteiger partial charge is 0.541 e. The van der Waals surface area contributed by atoms with Gasteiger partial charge in [0.15, 0.2) is 0 Å². The molecule has 24 heavy (non-hydrogen) atoms. The minimum absolute atomic E-state index is 0.192. The van der Waals surface area contributed by atoms with E-state index in [9.17, 15) is 9.59 Å². The van der Waals surface area contributed by atoms with Crippen LogP contribution in [0.15, 0.2) is 60.7 Å². The van der Waals surface area contributed by atoms with Gasteiger partial charge in [-0.3, -0.25) is 9.59 Å². The number of likely N-dealkylation sites (N-methyl/N-ethyl adjacent to an activating group) is 1. The molecule has 0 aliphatic heterocycles. The van der Waals surface area contributed by atoms with Crippen LogP contribution >= 0.6 is 9.47 Å². The average molecular weight is 343 g/mol. The van der Waals surface area contributed by atoms with E-state index in [1.54, 1.807) is 48.5 Å². The van der Waals surface area contributed by atoms with Crippen LogP contribution < -0.4 is 0 Å². The van der Waals surface area contributed by atoms with Crippen molar-refractivity contribution in [1.29, 1.82) is 0 Å². The van der Waals surface area contributed by atoms with Gasteiger partial charge in [0.1, 0.15) is 6.54 Å². The molecule has 0 atom stereocenters. The van der Waals surface area contributed by atoms with Crippen molar-refractivity contribution in [2.24, 2.45) is 0 Å². The maximum Gasteiger partial charge on any atom is 0.214 e. The number of ketones is 2. The van der Waals surface area contributed by atoms with Crippen molar-refractivity contribution in [1.82, 2.24) is 0 Å². The van der Waals surface area contributed by atoms with Gasteiger partial charge < -0.3 is 18.5 Å². The fraction of sp³-hybridized carbons (Fsp3) is 0.263. The molecular formula is C19H22NO3P. The first-order valence-electron chi connectivity index (χ1n) is 7.65. The van der Waals surface area contributed by atoms with Gasteiger partial charge >= 0.3 is 0 Å². The van der Waals surface area contributed by atoms with Crippen molar-refractivity contribution in [2.75, 3.05) is 27.7 Å². The number of benzene rings is 2. The molecule has 0 spiro atoms. The Morgan fingerprint density at radius 2 is 1.25 bits per heavy atom. The monoisotopic (exact) mass is 343 g/mol. The van der Waals surface area contributed by atoms with Gasteiger partial charge in [-0.15, -0.1) is 0 Å². The van der Waals surface area contributed by atoms with Crippen LogP contribution in [0.3, 0.4) is 0 Å². The van der Waals surface area contributed by atoms with E-state index in [4.69, 9.17) is 4.52 Å². The van der Waals surface area contributed by atoms with E-state index in [0.717, 1.165) is 0 Å². The number of hydrogen-bond donors (Lipinski definition) is 0. The Kier molecular flexibility index (Phi) is 5.66. The quantitative estimate of drug-likeness (QED) is 0.335. The van der Waals surface area contributed by atoms with Gasteiger partial charge in [0.05, 0.1) is 21.1 Å². The van der Waals surface area contributed by atoms with Crippen molar-refractivity contribution < 1.29 is 18.6 Å². The summed E-state index contributed by atoms with van der Waals surface area (Å²) in [5, 5.41) is 0. The molecule has 5 heteroatoms. The summed E-state index contributed by atoms with van der Waals surface area (Å²) in [6.45, 7) is 0.192. The van der Waals surface area contributed by atoms with E-state index in [1.165, 1.54) is 0 Å². The molecule has 0 aromatic heterocycles. The Hall–Kier alpha value is -1.87. The molecule has 2 aromatic rings. The fourth-order valence-corrected chi connectivity index (χ4v) is 2.93. The molecule has 0 bridgehead atoms. The lowest BCUT2D eigenvalue weighted by Gasteiger charge is -2.39. The molecule has 2 rings (SSSR count). The summed E-state index contributed by atoms with van der Waals surface area (Å²) in [5.41, 5.74) is -0.764. The number of nitrogens with zero attached hydrogens (tertiary/aromatic N) is 1. The highest BCUT2D eigenvalue weighted by Gasteiger charge is 2.48. The Morgan fingerprint density at radius 3 is 1.54 bits per heavy atom. The summed E-state index contributed by atoms with van der Waals surface area (Å²) in [6, 6.07) is 17.5. The highest BCUT2D eigenvalue weighted by Crippen LogP contribution is 2.28. The third kappa shape index (κ3) is 3.96. The topological polar surface area (TPSA) is 43.4 Å². The second-order valence-corrected chi connectivity index (χ2v) is 6.97. The average Bonchev–Trinajstić information content (AvgIpc) is 2.59. The summed E-state index contributed by atoms with van der Waals surface area (Å²) in [4.78, 5) is 26.4. The van der Waals surface area contributed by atoms with Crippen molar-refractivity contribution in [3.63, 3.8) is 0 Å². The molecule has 0 fully saturated rings. The molecule has 0 heterocycles. The summed E-state index contributed by atoms with van der Waals surface area (Å²) < 4.78 is 5.83. The Bertz CT molecular complexity index is 657. The lowest BCUT2D eigenvalue weighted by atomic mass is 9.84. The SMILES string of the molecule is C[N+](C)(C)CC(O[PH-])(C(=O)c1ccccc1)C(=O)c1ccccc1. The lowest BCUT2D eigenvalue weighted by Crippen LogP contribution is -2.58. The smallest absolute Gasteiger partial charge is 0.214 e. The van der Waals surface area contributed by atoms with Crippen molar-refractivity contribution >= 4 is 21.0 Å². The van der Waals surface area contributed by atoms with Crippen LogP contribution in [0.2, 0.25) is 0 Å². The van der Waals surface area contributed by atoms with Crippen LogP contribution in [0.5, 0.6) is 0 Å². The molecule has 0 N–H and O–H groups in total. The van der Waals surface area contributed by atoms with Gasteiger partial charge in [-0.1, -0.05) is 60.7 Å². The Balaban J connectivity index is 2.56. The zero-order valence-electron chi connectivity index (χ0n) is 14.2. The molecule has 2 aromatic carbocycles. The molecular weight excluding hydrogens is 321 g/mol. The fourth-order valence-electron chi connectivity index (χ4n) is 2.69. The van der Waals surface area contributed by atoms with Crippen LogP contribution in [0.25, 0.3) is 0 Å². The first kappa shape index (κ1) is 18.5. The molecule has 0 amide bonds. The molecule has 4 nitrogen and oxygen atoms in total. The molecule has 0 aliphatic carbocycles. The highest BCUT2D eigenvalue weighted by atomic mass is 31.0. The Labute approximate surface area is 145 Å². The molecule has 0 saturated carbocycles. The summed E-state index contributed by atoms with van der Waals surface area (Å²) in [5.74, 6) is -0.722. The maximum absolute atomic E-state index is 13.2. The van der Waals surface area contributed by atoms with Crippen LogP contribution in [-0.4, -0.2) is 49.3 Å². The van der Waals surface area contributed by atoms with E-state index in [2.05, 4.69) is 9.47 Å². The minimum Gasteiger partial charge on any atom is -0.541 e. The van der Waals surface area contributed by atoms with Gasteiger partial charge in [0.2, 0.25) is 17.2 Å². The van der Waals surface area contributed by atoms with Gasteiger partial charge in [0, 0.05) is 11.1 Å². The van der Waals surface area contributed by atoms with Gasteiger partial charge in [-0.25, -0.2) is 0 Å². The maximum atomic E-state index is 13.2. The van der Waals surface area contributed by atoms with Crippen molar-refractivity contribution in [2.45, 2.75) is 5.60 Å². The van der Waals surface area contributed by atoms with Crippen molar-refractivity contribution in [3.05, 3.63) is 71.8 Å². The zero-order valence-corrected chi connectivity index (χ0v) is 15.2. The van der Waals surface area contributed by atoms with E-state index in [1.807, 2.05) is 33.3 Å². The second kappa shape index (κ2) is 7.35. The van der Waals surface area contributed by atoms with E-state index in [-0.39, 0.29) is 18.1 Å². The molecule has 0 radical (unpaired) electrons. The van der Waals surface area contributed by atoms with Crippen LogP contribution in [0.1, 0.15) is 20.7 Å². The normalized spacial score (nSPS) is 12.0. The van der Waals surface area contributed by atoms with Crippen LogP contribution in [-0.2, 0) is 4.52 Å². The first-order chi connectivity index (χ1) is 11.3. The lowest BCUT2D eigenvalue weighted by molar-refractivity contribution is -0.873. The molecule has 0 unspecified atom stereocenters. The predicted molar refractivity (Wildman–Crippen MR) is 96.6 cm³/mol. The summed E-state index contributed by atoms with van der Waals surface area (Å²) in [7, 11) is 8.77. The Morgan fingerprint density at radius 1 is 0.875 bits per heavy atom. The summed E-state index contributed by atoms with van der Waals surface area (Å²) >= 11 is 0. The molecule has 0 saturated heterocycles. The van der Waals surface area contributed by atoms with Crippen molar-refractivity contribution in [3.8, 4) is 0 Å². The molecule has 0 aliphatic rings. The number of hydrogen-bond acceptors (Lipinski definition) is 3. The van der Waals surface area contributed by atoms with Crippen LogP contribution in [0, 0.1) is 0 Å². The van der Waals surface area contributed by atoms with E-state index >= 15 is 0 Å². The molecule has 126 valence electrons. The van der Waals surface area contributed by atoms with Gasteiger partial charge in [-0.05, 0) is 0 Å². The first-order valence-corrected chi connectivity index (χ1v) is 8.06. The summed E-state index contributed by atoms with van der Waals surface area (Å²) in [6.07, 6.45) is 0. The van der Waals surface area contributed by atoms with Crippen LogP contribution in [0.4, 0.5) is 0 Å². The zero-order chi connectivity index (χ0) is 17.8. The number of Topliss-reactive ketones (excluding diaryl/α,β-unsaturated/α-hetero) is 2. The van der Waals surface area contributed by atoms with E-state index < -0.39 is 5.60 Å². The third-order valence-electron chi connectivity index (χ3n) is 3.68. The third-order valence-corrected chi connectivity index (χ3v) is 4.03. The second-order valence-electron chi connectivity index (χ2n) is 6.77. The van der Waals surface area contributed by atoms with Gasteiger partial charge in [0.25, 0.3) is 0 Å².